The lowest BCUT2D eigenvalue weighted by atomic mass is 10.1. The third-order valence-corrected chi connectivity index (χ3v) is 5.33. The quantitative estimate of drug-likeness (QED) is 0.726. The SMILES string of the molecule is CC1Cc2cccc3c(O)c(C(=O)NCCc4ccc(Cl)cc4)c(=O)n1c23. The van der Waals surface area contributed by atoms with E-state index in [2.05, 4.69) is 5.32 Å². The molecule has 2 aromatic carbocycles. The average molecular weight is 383 g/mol. The molecule has 27 heavy (non-hydrogen) atoms. The highest BCUT2D eigenvalue weighted by Crippen LogP contribution is 2.35. The highest BCUT2D eigenvalue weighted by Gasteiger charge is 2.29. The van der Waals surface area contributed by atoms with E-state index in [1.54, 1.807) is 22.8 Å². The standard InChI is InChI=1S/C21H19ClN2O3/c1-12-11-14-3-2-4-16-18(14)24(12)21(27)17(19(16)25)20(26)23-10-9-13-5-7-15(22)8-6-13/h2-8,12,25H,9-11H2,1H3,(H,23,26). The van der Waals surface area contributed by atoms with E-state index in [0.29, 0.717) is 29.8 Å². The molecule has 5 nitrogen and oxygen atoms in total. The first-order valence-corrected chi connectivity index (χ1v) is 9.27. The summed E-state index contributed by atoms with van der Waals surface area (Å²) in [5.74, 6) is -0.798. The van der Waals surface area contributed by atoms with Crippen LogP contribution in [0.1, 0.15) is 34.5 Å². The summed E-state index contributed by atoms with van der Waals surface area (Å²) in [6.45, 7) is 2.30. The molecule has 3 aromatic rings. The van der Waals surface area contributed by atoms with Gasteiger partial charge >= 0.3 is 0 Å². The van der Waals surface area contributed by atoms with Gasteiger partial charge in [-0.05, 0) is 49.1 Å². The van der Waals surface area contributed by atoms with Gasteiger partial charge in [0.15, 0.2) is 0 Å². The molecule has 0 radical (unpaired) electrons. The van der Waals surface area contributed by atoms with Gasteiger partial charge in [-0.3, -0.25) is 9.59 Å². The molecule has 1 aliphatic heterocycles. The van der Waals surface area contributed by atoms with Crippen molar-refractivity contribution >= 4 is 28.4 Å². The maximum atomic E-state index is 12.9. The topological polar surface area (TPSA) is 71.3 Å². The zero-order chi connectivity index (χ0) is 19.1. The number of para-hydroxylation sites is 1. The minimum absolute atomic E-state index is 0.0429. The molecule has 6 heteroatoms. The molecule has 0 fully saturated rings. The number of nitrogens with zero attached hydrogens (tertiary/aromatic N) is 1. The number of amides is 1. The van der Waals surface area contributed by atoms with E-state index in [-0.39, 0.29) is 17.4 Å². The predicted octanol–water partition coefficient (Wildman–Crippen LogP) is 3.45. The Bertz CT molecular complexity index is 1100. The minimum Gasteiger partial charge on any atom is -0.506 e. The molecule has 0 spiro atoms. The molecular formula is C21H19ClN2O3. The van der Waals surface area contributed by atoms with Gasteiger partial charge in [0.05, 0.1) is 5.52 Å². The summed E-state index contributed by atoms with van der Waals surface area (Å²) in [7, 11) is 0. The minimum atomic E-state index is -0.554. The summed E-state index contributed by atoms with van der Waals surface area (Å²) in [5.41, 5.74) is 2.13. The Kier molecular flexibility index (Phi) is 4.40. The van der Waals surface area contributed by atoms with Crippen LogP contribution in [-0.4, -0.2) is 22.1 Å². The van der Waals surface area contributed by atoms with Gasteiger partial charge in [-0.25, -0.2) is 0 Å². The van der Waals surface area contributed by atoms with Crippen molar-refractivity contribution < 1.29 is 9.90 Å². The number of pyridine rings is 1. The van der Waals surface area contributed by atoms with E-state index < -0.39 is 11.5 Å². The van der Waals surface area contributed by atoms with Crippen LogP contribution >= 0.6 is 11.6 Å². The number of halogens is 1. The number of hydrogen-bond acceptors (Lipinski definition) is 3. The zero-order valence-corrected chi connectivity index (χ0v) is 15.6. The first-order chi connectivity index (χ1) is 13.0. The smallest absolute Gasteiger partial charge is 0.267 e. The molecular weight excluding hydrogens is 364 g/mol. The van der Waals surface area contributed by atoms with E-state index in [1.807, 2.05) is 31.2 Å². The number of hydrogen-bond donors (Lipinski definition) is 2. The fourth-order valence-corrected chi connectivity index (χ4v) is 3.91. The van der Waals surface area contributed by atoms with E-state index in [9.17, 15) is 14.7 Å². The van der Waals surface area contributed by atoms with Crippen molar-refractivity contribution in [1.82, 2.24) is 9.88 Å². The van der Waals surface area contributed by atoms with Crippen LogP contribution in [0, 0.1) is 0 Å². The van der Waals surface area contributed by atoms with Crippen LogP contribution in [0.2, 0.25) is 5.02 Å². The highest BCUT2D eigenvalue weighted by atomic mass is 35.5. The zero-order valence-electron chi connectivity index (χ0n) is 14.8. The van der Waals surface area contributed by atoms with E-state index in [4.69, 9.17) is 11.6 Å². The van der Waals surface area contributed by atoms with Crippen LogP contribution in [-0.2, 0) is 12.8 Å². The van der Waals surface area contributed by atoms with Gasteiger partial charge in [0, 0.05) is 23.0 Å². The molecule has 2 heterocycles. The molecule has 2 N–H and O–H groups in total. The molecule has 0 saturated carbocycles. The number of carbonyl (C=O) groups excluding carboxylic acids is 1. The molecule has 1 atom stereocenters. The lowest BCUT2D eigenvalue weighted by Crippen LogP contribution is -2.34. The molecule has 1 aliphatic rings. The Morgan fingerprint density at radius 1 is 1.26 bits per heavy atom. The fourth-order valence-electron chi connectivity index (χ4n) is 3.78. The highest BCUT2D eigenvalue weighted by molar-refractivity contribution is 6.30. The Morgan fingerprint density at radius 2 is 2.00 bits per heavy atom. The normalized spacial score (nSPS) is 15.3. The van der Waals surface area contributed by atoms with Crippen molar-refractivity contribution in [3.05, 3.63) is 74.5 Å². The summed E-state index contributed by atoms with van der Waals surface area (Å²) in [5, 5.41) is 14.6. The maximum absolute atomic E-state index is 12.9. The molecule has 138 valence electrons. The number of benzene rings is 2. The second-order valence-corrected chi connectivity index (χ2v) is 7.33. The Morgan fingerprint density at radius 3 is 2.74 bits per heavy atom. The first-order valence-electron chi connectivity index (χ1n) is 8.89. The molecule has 1 unspecified atom stereocenters. The van der Waals surface area contributed by atoms with Crippen molar-refractivity contribution in [2.24, 2.45) is 0 Å². The Labute approximate surface area is 161 Å². The van der Waals surface area contributed by atoms with Gasteiger partial charge in [-0.15, -0.1) is 0 Å². The Hall–Kier alpha value is -2.79. The van der Waals surface area contributed by atoms with E-state index >= 15 is 0 Å². The third-order valence-electron chi connectivity index (χ3n) is 5.08. The molecule has 1 amide bonds. The van der Waals surface area contributed by atoms with E-state index in [1.165, 1.54) is 0 Å². The predicted molar refractivity (Wildman–Crippen MR) is 106 cm³/mol. The monoisotopic (exact) mass is 382 g/mol. The fraction of sp³-hybridized carbons (Fsp3) is 0.238. The van der Waals surface area contributed by atoms with Crippen LogP contribution in [0.5, 0.6) is 5.75 Å². The van der Waals surface area contributed by atoms with Crippen LogP contribution in [0.15, 0.2) is 47.3 Å². The van der Waals surface area contributed by atoms with Crippen molar-refractivity contribution in [3.8, 4) is 5.75 Å². The molecule has 0 aliphatic carbocycles. The first kappa shape index (κ1) is 17.6. The van der Waals surface area contributed by atoms with Crippen LogP contribution in [0.25, 0.3) is 10.9 Å². The third kappa shape index (κ3) is 2.98. The summed E-state index contributed by atoms with van der Waals surface area (Å²) in [6.07, 6.45) is 1.32. The van der Waals surface area contributed by atoms with Gasteiger partial charge in [-0.2, -0.15) is 0 Å². The number of aromatic hydroxyl groups is 1. The molecule has 0 saturated heterocycles. The summed E-state index contributed by atoms with van der Waals surface area (Å²) in [6, 6.07) is 12.9. The van der Waals surface area contributed by atoms with Crippen molar-refractivity contribution in [2.45, 2.75) is 25.8 Å². The molecule has 1 aromatic heterocycles. The summed E-state index contributed by atoms with van der Waals surface area (Å²) in [4.78, 5) is 25.6. The summed E-state index contributed by atoms with van der Waals surface area (Å²) >= 11 is 5.87. The van der Waals surface area contributed by atoms with Crippen LogP contribution in [0.3, 0.4) is 0 Å². The Balaban J connectivity index is 1.63. The van der Waals surface area contributed by atoms with Crippen molar-refractivity contribution in [2.75, 3.05) is 6.54 Å². The number of carbonyl (C=O) groups is 1. The van der Waals surface area contributed by atoms with Gasteiger partial charge < -0.3 is 15.0 Å². The second-order valence-electron chi connectivity index (χ2n) is 6.90. The molecule has 0 bridgehead atoms. The molecule has 4 rings (SSSR count). The van der Waals surface area contributed by atoms with Crippen LogP contribution < -0.4 is 10.9 Å². The maximum Gasteiger partial charge on any atom is 0.267 e. The second kappa shape index (κ2) is 6.74. The lowest BCUT2D eigenvalue weighted by Gasteiger charge is -2.14. The van der Waals surface area contributed by atoms with Crippen LogP contribution in [0.4, 0.5) is 0 Å². The number of rotatable bonds is 4. The lowest BCUT2D eigenvalue weighted by molar-refractivity contribution is 0.0949. The van der Waals surface area contributed by atoms with Gasteiger partial charge in [0.1, 0.15) is 11.3 Å². The largest absolute Gasteiger partial charge is 0.506 e. The van der Waals surface area contributed by atoms with Gasteiger partial charge in [0.25, 0.3) is 11.5 Å². The van der Waals surface area contributed by atoms with Crippen molar-refractivity contribution in [3.63, 3.8) is 0 Å². The average Bonchev–Trinajstić information content (AvgIpc) is 2.98. The number of aromatic nitrogens is 1. The van der Waals surface area contributed by atoms with Gasteiger partial charge in [-0.1, -0.05) is 35.9 Å². The van der Waals surface area contributed by atoms with Crippen molar-refractivity contribution in [1.29, 1.82) is 0 Å². The summed E-state index contributed by atoms with van der Waals surface area (Å²) < 4.78 is 1.62. The van der Waals surface area contributed by atoms with E-state index in [0.717, 1.165) is 16.6 Å². The number of nitrogens with one attached hydrogen (secondary N) is 1. The van der Waals surface area contributed by atoms with Gasteiger partial charge in [0.2, 0.25) is 0 Å².